The summed E-state index contributed by atoms with van der Waals surface area (Å²) in [6, 6.07) is 9.36. The number of hydrogen-bond acceptors (Lipinski definition) is 8. The molecule has 5 heterocycles. The Labute approximate surface area is 208 Å². The summed E-state index contributed by atoms with van der Waals surface area (Å²) in [7, 11) is 1.62. The minimum atomic E-state index is -0.210. The third-order valence-corrected chi connectivity index (χ3v) is 7.46. The number of piperidine rings is 1. The summed E-state index contributed by atoms with van der Waals surface area (Å²) >= 11 is 1.43. The highest BCUT2D eigenvalue weighted by atomic mass is 32.2. The molecule has 2 amide bonds. The normalized spacial score (nSPS) is 18.1. The molecule has 9 nitrogen and oxygen atoms in total. The second-order valence-electron chi connectivity index (χ2n) is 8.84. The minimum absolute atomic E-state index is 0.0930. The molecule has 182 valence electrons. The van der Waals surface area contributed by atoms with Crippen LogP contribution >= 0.6 is 11.8 Å². The van der Waals surface area contributed by atoms with Gasteiger partial charge in [-0.2, -0.15) is 0 Å². The summed E-state index contributed by atoms with van der Waals surface area (Å²) in [6.45, 7) is 3.51. The van der Waals surface area contributed by atoms with Gasteiger partial charge in [0.2, 0.25) is 11.8 Å². The van der Waals surface area contributed by atoms with Crippen molar-refractivity contribution in [3.8, 4) is 5.88 Å². The van der Waals surface area contributed by atoms with Gasteiger partial charge in [0.25, 0.3) is 5.91 Å². The lowest BCUT2D eigenvalue weighted by atomic mass is 9.97. The van der Waals surface area contributed by atoms with Crippen molar-refractivity contribution in [1.29, 1.82) is 0 Å². The Bertz CT molecular complexity index is 1250. The van der Waals surface area contributed by atoms with Crippen LogP contribution in [0.3, 0.4) is 0 Å². The van der Waals surface area contributed by atoms with Gasteiger partial charge in [-0.15, -0.1) is 11.8 Å². The lowest BCUT2D eigenvalue weighted by Crippen LogP contribution is -2.41. The summed E-state index contributed by atoms with van der Waals surface area (Å²) in [5.41, 5.74) is 3.25. The highest BCUT2D eigenvalue weighted by Crippen LogP contribution is 2.29. The third kappa shape index (κ3) is 5.54. The molecule has 1 atom stereocenters. The number of ether oxygens (including phenoxy) is 1. The molecule has 1 fully saturated rings. The van der Waals surface area contributed by atoms with Crippen molar-refractivity contribution in [2.75, 3.05) is 44.4 Å². The number of rotatable bonds is 7. The molecule has 0 spiro atoms. The van der Waals surface area contributed by atoms with E-state index in [1.54, 1.807) is 13.2 Å². The van der Waals surface area contributed by atoms with E-state index in [0.717, 1.165) is 60.4 Å². The number of anilines is 1. The maximum atomic E-state index is 12.7. The zero-order chi connectivity index (χ0) is 24.2. The molecule has 1 unspecified atom stereocenters. The molecule has 3 aromatic rings. The number of pyridine rings is 3. The first-order valence-electron chi connectivity index (χ1n) is 11.8. The van der Waals surface area contributed by atoms with Gasteiger partial charge in [0.05, 0.1) is 28.8 Å². The SMILES string of the molecule is COc1ccc2nccc(CCN3CCCC(CNC(=O)c4ccc5c(n4)NC(=O)CS5)C3)c2n1. The maximum Gasteiger partial charge on any atom is 0.269 e. The van der Waals surface area contributed by atoms with E-state index >= 15 is 0 Å². The zero-order valence-electron chi connectivity index (χ0n) is 19.6. The van der Waals surface area contributed by atoms with Gasteiger partial charge in [0.1, 0.15) is 11.5 Å². The predicted octanol–water partition coefficient (Wildman–Crippen LogP) is 2.76. The molecule has 1 saturated heterocycles. The molecular formula is C25H28N6O3S. The second kappa shape index (κ2) is 10.6. The first-order valence-corrected chi connectivity index (χ1v) is 12.8. The Morgan fingerprint density at radius 3 is 3.06 bits per heavy atom. The van der Waals surface area contributed by atoms with Crippen LogP contribution in [0, 0.1) is 5.92 Å². The van der Waals surface area contributed by atoms with Gasteiger partial charge in [-0.05, 0) is 61.6 Å². The van der Waals surface area contributed by atoms with Gasteiger partial charge < -0.3 is 20.3 Å². The van der Waals surface area contributed by atoms with E-state index in [9.17, 15) is 9.59 Å². The molecule has 0 radical (unpaired) electrons. The van der Waals surface area contributed by atoms with Crippen LogP contribution in [0.1, 0.15) is 28.9 Å². The number of nitrogens with one attached hydrogen (secondary N) is 2. The average Bonchev–Trinajstić information content (AvgIpc) is 2.90. The molecule has 35 heavy (non-hydrogen) atoms. The number of amides is 2. The van der Waals surface area contributed by atoms with E-state index in [1.165, 1.54) is 11.8 Å². The smallest absolute Gasteiger partial charge is 0.269 e. The molecule has 10 heteroatoms. The van der Waals surface area contributed by atoms with Crippen LogP contribution in [0.25, 0.3) is 11.0 Å². The molecule has 2 aliphatic heterocycles. The fraction of sp³-hybridized carbons (Fsp3) is 0.400. The van der Waals surface area contributed by atoms with Crippen molar-refractivity contribution < 1.29 is 14.3 Å². The number of fused-ring (bicyclic) bond motifs is 2. The van der Waals surface area contributed by atoms with Crippen molar-refractivity contribution in [1.82, 2.24) is 25.2 Å². The van der Waals surface area contributed by atoms with E-state index in [-0.39, 0.29) is 11.8 Å². The van der Waals surface area contributed by atoms with E-state index in [2.05, 4.69) is 30.5 Å². The number of aromatic nitrogens is 3. The lowest BCUT2D eigenvalue weighted by Gasteiger charge is -2.32. The Morgan fingerprint density at radius 2 is 2.17 bits per heavy atom. The average molecular weight is 493 g/mol. The molecule has 2 N–H and O–H groups in total. The second-order valence-corrected chi connectivity index (χ2v) is 9.86. The van der Waals surface area contributed by atoms with Crippen LogP contribution in [-0.2, 0) is 11.2 Å². The van der Waals surface area contributed by atoms with Crippen molar-refractivity contribution in [2.24, 2.45) is 5.92 Å². The summed E-state index contributed by atoms with van der Waals surface area (Å²) in [4.78, 5) is 41.0. The molecular weight excluding hydrogens is 464 g/mol. The monoisotopic (exact) mass is 492 g/mol. The van der Waals surface area contributed by atoms with Gasteiger partial charge in [0, 0.05) is 31.9 Å². The van der Waals surface area contributed by atoms with Gasteiger partial charge in [-0.1, -0.05) is 0 Å². The van der Waals surface area contributed by atoms with Gasteiger partial charge >= 0.3 is 0 Å². The van der Waals surface area contributed by atoms with E-state index in [4.69, 9.17) is 4.74 Å². The van der Waals surface area contributed by atoms with Gasteiger partial charge in [-0.3, -0.25) is 14.6 Å². The van der Waals surface area contributed by atoms with Crippen LogP contribution in [0.15, 0.2) is 41.4 Å². The number of nitrogens with zero attached hydrogens (tertiary/aromatic N) is 4. The molecule has 0 aromatic carbocycles. The van der Waals surface area contributed by atoms with Gasteiger partial charge in [-0.25, -0.2) is 9.97 Å². The number of carbonyl (C=O) groups excluding carboxylic acids is 2. The lowest BCUT2D eigenvalue weighted by molar-refractivity contribution is -0.113. The van der Waals surface area contributed by atoms with Crippen molar-refractivity contribution in [3.63, 3.8) is 0 Å². The molecule has 0 aliphatic carbocycles. The number of methoxy groups -OCH3 is 1. The standard InChI is InChI=1S/C25H28N6O3S/c1-34-22-7-5-18-23(30-22)17(8-10-26-18)9-12-31-11-2-3-16(14-31)13-27-25(33)19-4-6-20-24(28-19)29-21(32)15-35-20/h4-8,10,16H,2-3,9,11-15H2,1H3,(H,27,33)(H,28,29,32). The van der Waals surface area contributed by atoms with Crippen LogP contribution in [-0.4, -0.2) is 70.7 Å². The van der Waals surface area contributed by atoms with Crippen molar-refractivity contribution >= 4 is 40.4 Å². The van der Waals surface area contributed by atoms with Crippen LogP contribution in [0.2, 0.25) is 0 Å². The summed E-state index contributed by atoms with van der Waals surface area (Å²) in [5.74, 6) is 1.52. The van der Waals surface area contributed by atoms with E-state index in [0.29, 0.717) is 35.6 Å². The largest absolute Gasteiger partial charge is 0.481 e. The Hall–Kier alpha value is -3.24. The van der Waals surface area contributed by atoms with Crippen LogP contribution < -0.4 is 15.4 Å². The third-order valence-electron chi connectivity index (χ3n) is 6.41. The van der Waals surface area contributed by atoms with E-state index in [1.807, 2.05) is 30.5 Å². The number of carbonyl (C=O) groups is 2. The first kappa shape index (κ1) is 23.5. The van der Waals surface area contributed by atoms with Crippen molar-refractivity contribution in [2.45, 2.75) is 24.2 Å². The predicted molar refractivity (Wildman–Crippen MR) is 135 cm³/mol. The highest BCUT2D eigenvalue weighted by Gasteiger charge is 2.22. The highest BCUT2D eigenvalue weighted by molar-refractivity contribution is 8.00. The fourth-order valence-electron chi connectivity index (χ4n) is 4.59. The maximum absolute atomic E-state index is 12.7. The molecule has 2 aliphatic rings. The summed E-state index contributed by atoms with van der Waals surface area (Å²) in [6.07, 6.45) is 4.89. The molecule has 3 aromatic heterocycles. The summed E-state index contributed by atoms with van der Waals surface area (Å²) in [5, 5.41) is 5.78. The summed E-state index contributed by atoms with van der Waals surface area (Å²) < 4.78 is 5.29. The molecule has 5 rings (SSSR count). The fourth-order valence-corrected chi connectivity index (χ4v) is 5.35. The van der Waals surface area contributed by atoms with Crippen LogP contribution in [0.5, 0.6) is 5.88 Å². The van der Waals surface area contributed by atoms with Crippen LogP contribution in [0.4, 0.5) is 5.82 Å². The topological polar surface area (TPSA) is 109 Å². The van der Waals surface area contributed by atoms with E-state index < -0.39 is 0 Å². The number of likely N-dealkylation sites (tertiary alicyclic amines) is 1. The Kier molecular flexibility index (Phi) is 7.10. The zero-order valence-corrected chi connectivity index (χ0v) is 20.4. The van der Waals surface area contributed by atoms with Gasteiger partial charge in [0.15, 0.2) is 0 Å². The molecule has 0 saturated carbocycles. The molecule has 0 bridgehead atoms. The number of thioether (sulfide) groups is 1. The quantitative estimate of drug-likeness (QED) is 0.518. The first-order chi connectivity index (χ1) is 17.1. The Morgan fingerprint density at radius 1 is 1.26 bits per heavy atom. The number of hydrogen-bond donors (Lipinski definition) is 2. The Balaban J connectivity index is 1.15. The van der Waals surface area contributed by atoms with Crippen molar-refractivity contribution in [3.05, 3.63) is 47.8 Å². The minimum Gasteiger partial charge on any atom is -0.481 e.